The minimum absolute atomic E-state index is 0.392. The summed E-state index contributed by atoms with van der Waals surface area (Å²) < 4.78 is 7.52. The minimum Gasteiger partial charge on any atom is -0.380 e. The zero-order valence-electron chi connectivity index (χ0n) is 10.9. The molecule has 1 saturated carbocycles. The van der Waals surface area contributed by atoms with Gasteiger partial charge < -0.3 is 10.1 Å². The summed E-state index contributed by atoms with van der Waals surface area (Å²) >= 11 is 0. The first-order valence-electron chi connectivity index (χ1n) is 6.55. The van der Waals surface area contributed by atoms with Crippen molar-refractivity contribution in [2.75, 3.05) is 13.7 Å². The predicted molar refractivity (Wildman–Crippen MR) is 68.0 cm³/mol. The average Bonchev–Trinajstić information content (AvgIpc) is 2.76. The molecule has 17 heavy (non-hydrogen) atoms. The first-order valence-corrected chi connectivity index (χ1v) is 6.55. The van der Waals surface area contributed by atoms with Gasteiger partial charge in [-0.15, -0.1) is 0 Å². The Morgan fingerprint density at radius 2 is 2.29 bits per heavy atom. The second kappa shape index (κ2) is 6.17. The molecule has 2 rings (SSSR count). The molecule has 96 valence electrons. The van der Waals surface area contributed by atoms with Gasteiger partial charge in [-0.2, -0.15) is 5.10 Å². The summed E-state index contributed by atoms with van der Waals surface area (Å²) in [6.07, 6.45) is 9.41. The molecule has 1 heterocycles. The minimum atomic E-state index is 0.392. The molecule has 1 N–H and O–H groups in total. The maximum absolute atomic E-state index is 5.53. The molecule has 2 unspecified atom stereocenters. The number of methoxy groups -OCH3 is 1. The maximum atomic E-state index is 5.53. The topological polar surface area (TPSA) is 39.1 Å². The molecule has 0 spiro atoms. The zero-order chi connectivity index (χ0) is 12.1. The maximum Gasteiger partial charge on any atom is 0.0724 e. The molecule has 0 radical (unpaired) electrons. The van der Waals surface area contributed by atoms with E-state index < -0.39 is 0 Å². The van der Waals surface area contributed by atoms with Crippen LogP contribution in [0.15, 0.2) is 12.4 Å². The molecule has 0 saturated heterocycles. The van der Waals surface area contributed by atoms with Crippen molar-refractivity contribution in [1.29, 1.82) is 0 Å². The van der Waals surface area contributed by atoms with Gasteiger partial charge in [0.15, 0.2) is 0 Å². The monoisotopic (exact) mass is 237 g/mol. The Balaban J connectivity index is 1.73. The first kappa shape index (κ1) is 12.6. The van der Waals surface area contributed by atoms with Crippen LogP contribution in [0.1, 0.15) is 31.2 Å². The lowest BCUT2D eigenvalue weighted by atomic mass is 9.92. The molecule has 1 aliphatic rings. The predicted octanol–water partition coefficient (Wildman–Crippen LogP) is 1.74. The van der Waals surface area contributed by atoms with Crippen LogP contribution in [0.25, 0.3) is 0 Å². The van der Waals surface area contributed by atoms with Crippen molar-refractivity contribution in [3.05, 3.63) is 18.0 Å². The molecule has 1 aliphatic carbocycles. The van der Waals surface area contributed by atoms with E-state index in [1.807, 2.05) is 18.0 Å². The number of aromatic nitrogens is 2. The highest BCUT2D eigenvalue weighted by Crippen LogP contribution is 2.20. The van der Waals surface area contributed by atoms with Crippen LogP contribution in [0.5, 0.6) is 0 Å². The van der Waals surface area contributed by atoms with Gasteiger partial charge in [0, 0.05) is 25.9 Å². The highest BCUT2D eigenvalue weighted by atomic mass is 16.5. The van der Waals surface area contributed by atoms with Crippen molar-refractivity contribution in [3.63, 3.8) is 0 Å². The van der Waals surface area contributed by atoms with Crippen LogP contribution >= 0.6 is 0 Å². The summed E-state index contributed by atoms with van der Waals surface area (Å²) in [6, 6.07) is 0.519. The third-order valence-electron chi connectivity index (χ3n) is 3.52. The molecule has 4 heteroatoms. The van der Waals surface area contributed by atoms with Crippen LogP contribution in [-0.4, -0.2) is 35.6 Å². The van der Waals surface area contributed by atoms with Gasteiger partial charge in [0.2, 0.25) is 0 Å². The molecule has 1 aromatic heterocycles. The second-order valence-corrected chi connectivity index (χ2v) is 4.90. The van der Waals surface area contributed by atoms with Crippen molar-refractivity contribution in [3.8, 4) is 0 Å². The van der Waals surface area contributed by atoms with E-state index in [1.54, 1.807) is 0 Å². The summed E-state index contributed by atoms with van der Waals surface area (Å²) in [4.78, 5) is 0. The third-order valence-corrected chi connectivity index (χ3v) is 3.52. The Kier molecular flexibility index (Phi) is 4.57. The van der Waals surface area contributed by atoms with E-state index in [1.165, 1.54) is 31.2 Å². The summed E-state index contributed by atoms with van der Waals surface area (Å²) in [5.74, 6) is 0. The molecule has 1 aromatic rings. The van der Waals surface area contributed by atoms with Gasteiger partial charge in [-0.05, 0) is 25.3 Å². The molecule has 0 bridgehead atoms. The van der Waals surface area contributed by atoms with Crippen molar-refractivity contribution in [1.82, 2.24) is 15.1 Å². The first-order chi connectivity index (χ1) is 8.29. The van der Waals surface area contributed by atoms with Gasteiger partial charge in [-0.3, -0.25) is 4.68 Å². The lowest BCUT2D eigenvalue weighted by Gasteiger charge is -2.31. The quantitative estimate of drug-likeness (QED) is 0.848. The number of rotatable bonds is 5. The van der Waals surface area contributed by atoms with Crippen molar-refractivity contribution in [2.45, 2.75) is 51.3 Å². The van der Waals surface area contributed by atoms with Crippen molar-refractivity contribution < 1.29 is 4.74 Å². The van der Waals surface area contributed by atoms with Crippen LogP contribution in [0.4, 0.5) is 0 Å². The number of ether oxygens (including phenoxy) is 1. The number of hydrogen-bond donors (Lipinski definition) is 1. The van der Waals surface area contributed by atoms with Gasteiger partial charge in [-0.25, -0.2) is 0 Å². The SMILES string of the molecule is COC1CCCCC1NCCn1cc(C)cn1. The molecule has 0 aromatic carbocycles. The highest BCUT2D eigenvalue weighted by molar-refractivity contribution is 4.99. The van der Waals surface area contributed by atoms with Crippen LogP contribution in [0, 0.1) is 6.92 Å². The fraction of sp³-hybridized carbons (Fsp3) is 0.769. The summed E-state index contributed by atoms with van der Waals surface area (Å²) in [6.45, 7) is 3.96. The van der Waals surface area contributed by atoms with Crippen LogP contribution in [-0.2, 0) is 11.3 Å². The highest BCUT2D eigenvalue weighted by Gasteiger charge is 2.23. The number of nitrogens with zero attached hydrogens (tertiary/aromatic N) is 2. The summed E-state index contributed by atoms with van der Waals surface area (Å²) in [5.41, 5.74) is 1.22. The molecule has 4 nitrogen and oxygen atoms in total. The van der Waals surface area contributed by atoms with E-state index in [4.69, 9.17) is 4.74 Å². The Morgan fingerprint density at radius 3 is 3.00 bits per heavy atom. The van der Waals surface area contributed by atoms with Crippen LogP contribution in [0.3, 0.4) is 0 Å². The number of aryl methyl sites for hydroxylation is 1. The van der Waals surface area contributed by atoms with E-state index in [9.17, 15) is 0 Å². The van der Waals surface area contributed by atoms with Crippen molar-refractivity contribution in [2.24, 2.45) is 0 Å². The standard InChI is InChI=1S/C13H23N3O/c1-11-9-15-16(10-11)8-7-14-12-5-3-4-6-13(12)17-2/h9-10,12-14H,3-8H2,1-2H3. The lowest BCUT2D eigenvalue weighted by Crippen LogP contribution is -2.44. The average molecular weight is 237 g/mol. The number of nitrogens with one attached hydrogen (secondary N) is 1. The Labute approximate surface area is 103 Å². The molecular formula is C13H23N3O. The lowest BCUT2D eigenvalue weighted by molar-refractivity contribution is 0.0416. The van der Waals surface area contributed by atoms with Gasteiger partial charge in [0.05, 0.1) is 18.8 Å². The Hall–Kier alpha value is -0.870. The van der Waals surface area contributed by atoms with Gasteiger partial charge in [-0.1, -0.05) is 12.8 Å². The molecule has 0 amide bonds. The van der Waals surface area contributed by atoms with E-state index in [-0.39, 0.29) is 0 Å². The van der Waals surface area contributed by atoms with E-state index >= 15 is 0 Å². The molecule has 1 fully saturated rings. The Bertz CT molecular complexity index is 337. The van der Waals surface area contributed by atoms with Crippen molar-refractivity contribution >= 4 is 0 Å². The molecular weight excluding hydrogens is 214 g/mol. The largest absolute Gasteiger partial charge is 0.380 e. The molecule has 2 atom stereocenters. The third kappa shape index (κ3) is 3.54. The van der Waals surface area contributed by atoms with Gasteiger partial charge in [0.25, 0.3) is 0 Å². The van der Waals surface area contributed by atoms with Gasteiger partial charge >= 0.3 is 0 Å². The summed E-state index contributed by atoms with van der Waals surface area (Å²) in [7, 11) is 1.82. The van der Waals surface area contributed by atoms with E-state index in [0.717, 1.165) is 13.1 Å². The fourth-order valence-corrected chi connectivity index (χ4v) is 2.57. The fourth-order valence-electron chi connectivity index (χ4n) is 2.57. The second-order valence-electron chi connectivity index (χ2n) is 4.90. The van der Waals surface area contributed by atoms with Crippen LogP contribution < -0.4 is 5.32 Å². The van der Waals surface area contributed by atoms with E-state index in [0.29, 0.717) is 12.1 Å². The van der Waals surface area contributed by atoms with E-state index in [2.05, 4.69) is 23.5 Å². The smallest absolute Gasteiger partial charge is 0.0724 e. The zero-order valence-corrected chi connectivity index (χ0v) is 10.9. The van der Waals surface area contributed by atoms with Gasteiger partial charge in [0.1, 0.15) is 0 Å². The normalized spacial score (nSPS) is 25.1. The number of hydrogen-bond acceptors (Lipinski definition) is 3. The summed E-state index contributed by atoms with van der Waals surface area (Å²) in [5, 5.41) is 7.88. The van der Waals surface area contributed by atoms with Crippen LogP contribution in [0.2, 0.25) is 0 Å². The molecule has 0 aliphatic heterocycles. The Morgan fingerprint density at radius 1 is 1.47 bits per heavy atom.